The molecule has 3 N–H and O–H groups in total. The number of nitrogens with two attached hydrogens (primary N) is 1. The molecule has 1 fully saturated rings. The van der Waals surface area contributed by atoms with Crippen LogP contribution in [-0.4, -0.2) is 21.0 Å². The molecule has 120 valence electrons. The summed E-state index contributed by atoms with van der Waals surface area (Å²) in [5, 5.41) is 8.65. The third-order valence-corrected chi connectivity index (χ3v) is 5.45. The van der Waals surface area contributed by atoms with E-state index in [1.54, 1.807) is 6.07 Å². The van der Waals surface area contributed by atoms with Gasteiger partial charge in [0, 0.05) is 6.04 Å². The molecule has 2 atom stereocenters. The van der Waals surface area contributed by atoms with Crippen molar-refractivity contribution in [2.75, 3.05) is 6.54 Å². The maximum absolute atomic E-state index is 13.9. The summed E-state index contributed by atoms with van der Waals surface area (Å²) in [6.07, 6.45) is 3.16. The molecule has 2 unspecified atom stereocenters. The summed E-state index contributed by atoms with van der Waals surface area (Å²) >= 11 is 0. The van der Waals surface area contributed by atoms with E-state index in [0.29, 0.717) is 25.1 Å². The molecule has 0 aliphatic heterocycles. The molecule has 5 nitrogen and oxygen atoms in total. The Morgan fingerprint density at radius 3 is 2.41 bits per heavy atom. The van der Waals surface area contributed by atoms with Crippen LogP contribution in [0, 0.1) is 28.9 Å². The Hall–Kier alpha value is -1.56. The van der Waals surface area contributed by atoms with Crippen molar-refractivity contribution in [3.8, 4) is 6.07 Å². The summed E-state index contributed by atoms with van der Waals surface area (Å²) in [6.45, 7) is 0.311. The molecule has 0 bridgehead atoms. The van der Waals surface area contributed by atoms with Gasteiger partial charge in [-0.05, 0) is 37.4 Å². The maximum atomic E-state index is 13.9. The zero-order chi connectivity index (χ0) is 16.3. The van der Waals surface area contributed by atoms with Crippen LogP contribution in [0.5, 0.6) is 0 Å². The topological polar surface area (TPSA) is 96.0 Å². The Bertz CT molecular complexity index is 678. The number of halogens is 2. The minimum atomic E-state index is -4.35. The quantitative estimate of drug-likeness (QED) is 0.877. The molecule has 0 spiro atoms. The van der Waals surface area contributed by atoms with Gasteiger partial charge in [0.15, 0.2) is 4.90 Å². The number of nitrogens with one attached hydrogen (secondary N) is 1. The second kappa shape index (κ2) is 6.69. The van der Waals surface area contributed by atoms with Crippen molar-refractivity contribution in [1.29, 1.82) is 5.26 Å². The van der Waals surface area contributed by atoms with Crippen molar-refractivity contribution in [1.82, 2.24) is 4.72 Å². The molecule has 8 heteroatoms. The highest BCUT2D eigenvalue weighted by Crippen LogP contribution is 2.27. The average molecular weight is 329 g/mol. The Labute approximate surface area is 128 Å². The third kappa shape index (κ3) is 3.43. The van der Waals surface area contributed by atoms with Gasteiger partial charge < -0.3 is 5.73 Å². The summed E-state index contributed by atoms with van der Waals surface area (Å²) in [5.74, 6) is -2.60. The van der Waals surface area contributed by atoms with Crippen LogP contribution >= 0.6 is 0 Å². The molecule has 0 aromatic heterocycles. The third-order valence-electron chi connectivity index (χ3n) is 3.91. The largest absolute Gasteiger partial charge is 0.330 e. The number of nitrogens with zero attached hydrogens (tertiary/aromatic N) is 1. The summed E-state index contributed by atoms with van der Waals surface area (Å²) in [6, 6.07) is 2.56. The zero-order valence-electron chi connectivity index (χ0n) is 11.9. The lowest BCUT2D eigenvalue weighted by atomic mass is 9.85. The van der Waals surface area contributed by atoms with Crippen molar-refractivity contribution in [3.63, 3.8) is 0 Å². The number of nitriles is 1. The van der Waals surface area contributed by atoms with Crippen LogP contribution < -0.4 is 10.5 Å². The fraction of sp³-hybridized carbons (Fsp3) is 0.500. The van der Waals surface area contributed by atoms with Gasteiger partial charge in [0.2, 0.25) is 10.0 Å². The van der Waals surface area contributed by atoms with E-state index in [1.807, 2.05) is 0 Å². The van der Waals surface area contributed by atoms with Crippen LogP contribution in [0.2, 0.25) is 0 Å². The second-order valence-electron chi connectivity index (χ2n) is 5.39. The lowest BCUT2D eigenvalue weighted by Crippen LogP contribution is -2.45. The fourth-order valence-corrected chi connectivity index (χ4v) is 4.24. The molecule has 0 radical (unpaired) electrons. The fourth-order valence-electron chi connectivity index (χ4n) is 2.78. The summed E-state index contributed by atoms with van der Waals surface area (Å²) in [4.78, 5) is -1.05. The maximum Gasteiger partial charge on any atom is 0.246 e. The monoisotopic (exact) mass is 329 g/mol. The van der Waals surface area contributed by atoms with Crippen molar-refractivity contribution in [3.05, 3.63) is 29.3 Å². The minimum absolute atomic E-state index is 0.0481. The lowest BCUT2D eigenvalue weighted by molar-refractivity contribution is 0.295. The number of benzene rings is 1. The Morgan fingerprint density at radius 2 is 1.86 bits per heavy atom. The first kappa shape index (κ1) is 16.8. The highest BCUT2D eigenvalue weighted by molar-refractivity contribution is 7.89. The average Bonchev–Trinajstić information content (AvgIpc) is 2.46. The predicted octanol–water partition coefficient (Wildman–Crippen LogP) is 1.63. The first-order valence-electron chi connectivity index (χ1n) is 7.00. The van der Waals surface area contributed by atoms with Gasteiger partial charge in [0.05, 0.1) is 11.6 Å². The summed E-state index contributed by atoms with van der Waals surface area (Å²) < 4.78 is 54.7. The molecule has 22 heavy (non-hydrogen) atoms. The van der Waals surface area contributed by atoms with Crippen molar-refractivity contribution >= 4 is 10.0 Å². The van der Waals surface area contributed by atoms with Gasteiger partial charge in [-0.15, -0.1) is 0 Å². The van der Waals surface area contributed by atoms with Gasteiger partial charge in [-0.3, -0.25) is 0 Å². The summed E-state index contributed by atoms with van der Waals surface area (Å²) in [7, 11) is -4.35. The van der Waals surface area contributed by atoms with Crippen molar-refractivity contribution < 1.29 is 17.2 Å². The molecule has 1 aliphatic rings. The highest BCUT2D eigenvalue weighted by atomic mass is 32.2. The zero-order valence-corrected chi connectivity index (χ0v) is 12.7. The molecule has 0 saturated heterocycles. The van der Waals surface area contributed by atoms with E-state index < -0.39 is 32.6 Å². The second-order valence-corrected chi connectivity index (χ2v) is 7.04. The molecule has 2 rings (SSSR count). The van der Waals surface area contributed by atoms with E-state index in [9.17, 15) is 17.2 Å². The molecule has 0 heterocycles. The van der Waals surface area contributed by atoms with Crippen molar-refractivity contribution in [2.45, 2.75) is 36.6 Å². The molecular formula is C14H17F2N3O2S. The van der Waals surface area contributed by atoms with Crippen LogP contribution in [0.1, 0.15) is 31.2 Å². The predicted molar refractivity (Wildman–Crippen MR) is 76.2 cm³/mol. The molecule has 1 aromatic rings. The van der Waals surface area contributed by atoms with E-state index in [-0.39, 0.29) is 11.5 Å². The van der Waals surface area contributed by atoms with Crippen LogP contribution in [0.3, 0.4) is 0 Å². The van der Waals surface area contributed by atoms with Gasteiger partial charge in [-0.25, -0.2) is 21.9 Å². The van der Waals surface area contributed by atoms with E-state index in [1.165, 1.54) is 0 Å². The van der Waals surface area contributed by atoms with Gasteiger partial charge in [0.25, 0.3) is 0 Å². The molecular weight excluding hydrogens is 312 g/mol. The van der Waals surface area contributed by atoms with E-state index in [0.717, 1.165) is 19.3 Å². The Balaban J connectivity index is 2.33. The first-order valence-corrected chi connectivity index (χ1v) is 8.49. The lowest BCUT2D eigenvalue weighted by Gasteiger charge is -2.31. The SMILES string of the molecule is N#Cc1cc(F)c(S(=O)(=O)NC2CCCCC2CN)c(F)c1. The molecule has 1 aliphatic carbocycles. The van der Waals surface area contributed by atoms with Crippen LogP contribution in [-0.2, 0) is 10.0 Å². The smallest absolute Gasteiger partial charge is 0.246 e. The number of hydrogen-bond acceptors (Lipinski definition) is 4. The van der Waals surface area contributed by atoms with E-state index >= 15 is 0 Å². The molecule has 1 aromatic carbocycles. The standard InChI is InChI=1S/C14H17F2N3O2S/c15-11-5-9(7-17)6-12(16)14(11)22(20,21)19-13-4-2-1-3-10(13)8-18/h5-6,10,13,19H,1-4,8,18H2. The number of sulfonamides is 1. The first-order chi connectivity index (χ1) is 10.4. The minimum Gasteiger partial charge on any atom is -0.330 e. The normalized spacial score (nSPS) is 22.3. The molecule has 0 amide bonds. The highest BCUT2D eigenvalue weighted by Gasteiger charge is 2.32. The van der Waals surface area contributed by atoms with Crippen molar-refractivity contribution in [2.24, 2.45) is 11.7 Å². The van der Waals surface area contributed by atoms with Gasteiger partial charge >= 0.3 is 0 Å². The van der Waals surface area contributed by atoms with E-state index in [4.69, 9.17) is 11.0 Å². The Kier molecular flexibility index (Phi) is 5.11. The number of hydrogen-bond donors (Lipinski definition) is 2. The van der Waals surface area contributed by atoms with Gasteiger partial charge in [-0.1, -0.05) is 12.8 Å². The summed E-state index contributed by atoms with van der Waals surface area (Å²) in [5.41, 5.74) is 5.36. The molecule has 1 saturated carbocycles. The van der Waals surface area contributed by atoms with Crippen LogP contribution in [0.15, 0.2) is 17.0 Å². The van der Waals surface area contributed by atoms with Crippen LogP contribution in [0.4, 0.5) is 8.78 Å². The van der Waals surface area contributed by atoms with Gasteiger partial charge in [-0.2, -0.15) is 5.26 Å². The van der Waals surface area contributed by atoms with Gasteiger partial charge in [0.1, 0.15) is 11.6 Å². The number of rotatable bonds is 4. The van der Waals surface area contributed by atoms with Crippen LogP contribution in [0.25, 0.3) is 0 Å². The Morgan fingerprint density at radius 1 is 1.27 bits per heavy atom. The van der Waals surface area contributed by atoms with E-state index in [2.05, 4.69) is 4.72 Å².